The van der Waals surface area contributed by atoms with Crippen LogP contribution in [0.4, 0.5) is 10.1 Å². The van der Waals surface area contributed by atoms with E-state index in [-0.39, 0.29) is 5.82 Å². The number of anilines is 1. The number of hydrogen-bond acceptors (Lipinski definition) is 2. The molecule has 0 radical (unpaired) electrons. The van der Waals surface area contributed by atoms with Gasteiger partial charge in [0, 0.05) is 10.0 Å². The molecule has 0 aliphatic heterocycles. The number of nitrogen functional groups attached to an aromatic ring is 1. The summed E-state index contributed by atoms with van der Waals surface area (Å²) >= 11 is 9.46. The van der Waals surface area contributed by atoms with Crippen molar-refractivity contribution in [1.82, 2.24) is 9.78 Å². The van der Waals surface area contributed by atoms with Gasteiger partial charge in [0.1, 0.15) is 11.5 Å². The van der Waals surface area contributed by atoms with E-state index in [9.17, 15) is 4.39 Å². The molecule has 2 aromatic carbocycles. The Balaban J connectivity index is 2.15. The summed E-state index contributed by atoms with van der Waals surface area (Å²) in [5.41, 5.74) is 7.76. The Morgan fingerprint density at radius 2 is 1.95 bits per heavy atom. The standard InChI is InChI=1S/C15H10BrClFN3/c16-9-5-6-12(18)10(7-9)15-13(19)8-21(20-15)14-4-2-1-3-11(14)17/h1-8H,19H2. The third-order valence-corrected chi connectivity index (χ3v) is 3.84. The molecule has 0 saturated heterocycles. The van der Waals surface area contributed by atoms with Crippen molar-refractivity contribution in [2.24, 2.45) is 0 Å². The molecule has 1 heterocycles. The van der Waals surface area contributed by atoms with Crippen molar-refractivity contribution in [1.29, 1.82) is 0 Å². The zero-order chi connectivity index (χ0) is 15.0. The van der Waals surface area contributed by atoms with Gasteiger partial charge in [-0.05, 0) is 30.3 Å². The lowest BCUT2D eigenvalue weighted by Crippen LogP contribution is -1.96. The lowest BCUT2D eigenvalue weighted by atomic mass is 10.1. The number of para-hydroxylation sites is 1. The first kappa shape index (κ1) is 14.1. The molecule has 21 heavy (non-hydrogen) atoms. The fourth-order valence-corrected chi connectivity index (χ4v) is 2.62. The second-order valence-corrected chi connectivity index (χ2v) is 5.78. The second kappa shape index (κ2) is 5.50. The molecule has 3 rings (SSSR count). The maximum Gasteiger partial charge on any atom is 0.132 e. The Morgan fingerprint density at radius 1 is 1.19 bits per heavy atom. The average molecular weight is 367 g/mol. The molecule has 0 fully saturated rings. The molecular weight excluding hydrogens is 357 g/mol. The SMILES string of the molecule is Nc1cn(-c2ccccc2Cl)nc1-c1cc(Br)ccc1F. The van der Waals surface area contributed by atoms with E-state index in [0.29, 0.717) is 27.7 Å². The summed E-state index contributed by atoms with van der Waals surface area (Å²) < 4.78 is 16.3. The van der Waals surface area contributed by atoms with E-state index in [1.807, 2.05) is 18.2 Å². The van der Waals surface area contributed by atoms with Crippen molar-refractivity contribution in [2.75, 3.05) is 5.73 Å². The van der Waals surface area contributed by atoms with Gasteiger partial charge in [-0.15, -0.1) is 0 Å². The molecule has 2 N–H and O–H groups in total. The molecule has 0 spiro atoms. The molecule has 0 aliphatic carbocycles. The number of hydrogen-bond donors (Lipinski definition) is 1. The van der Waals surface area contributed by atoms with Crippen LogP contribution in [0.5, 0.6) is 0 Å². The number of nitrogens with two attached hydrogens (primary N) is 1. The molecular formula is C15H10BrClFN3. The van der Waals surface area contributed by atoms with Crippen molar-refractivity contribution in [3.63, 3.8) is 0 Å². The van der Waals surface area contributed by atoms with E-state index >= 15 is 0 Å². The Bertz CT molecular complexity index is 816. The third-order valence-electron chi connectivity index (χ3n) is 3.03. The van der Waals surface area contributed by atoms with Gasteiger partial charge in [0.05, 0.1) is 22.6 Å². The highest BCUT2D eigenvalue weighted by atomic mass is 79.9. The predicted molar refractivity (Wildman–Crippen MR) is 86.1 cm³/mol. The minimum Gasteiger partial charge on any atom is -0.396 e. The zero-order valence-electron chi connectivity index (χ0n) is 10.7. The number of benzene rings is 2. The van der Waals surface area contributed by atoms with Crippen LogP contribution in [-0.4, -0.2) is 9.78 Å². The van der Waals surface area contributed by atoms with Gasteiger partial charge >= 0.3 is 0 Å². The summed E-state index contributed by atoms with van der Waals surface area (Å²) in [5.74, 6) is -0.380. The monoisotopic (exact) mass is 365 g/mol. The highest BCUT2D eigenvalue weighted by molar-refractivity contribution is 9.10. The first-order valence-electron chi connectivity index (χ1n) is 6.12. The Labute approximate surface area is 134 Å². The molecule has 0 bridgehead atoms. The first-order valence-corrected chi connectivity index (χ1v) is 7.29. The fraction of sp³-hybridized carbons (Fsp3) is 0. The quantitative estimate of drug-likeness (QED) is 0.716. The van der Waals surface area contributed by atoms with Gasteiger partial charge in [-0.3, -0.25) is 0 Å². The summed E-state index contributed by atoms with van der Waals surface area (Å²) in [6.07, 6.45) is 1.62. The van der Waals surface area contributed by atoms with E-state index in [4.69, 9.17) is 17.3 Å². The molecule has 0 saturated carbocycles. The van der Waals surface area contributed by atoms with Gasteiger partial charge in [0.2, 0.25) is 0 Å². The van der Waals surface area contributed by atoms with Crippen LogP contribution in [0.1, 0.15) is 0 Å². The summed E-state index contributed by atoms with van der Waals surface area (Å²) in [7, 11) is 0. The van der Waals surface area contributed by atoms with Crippen LogP contribution in [0.3, 0.4) is 0 Å². The van der Waals surface area contributed by atoms with Crippen molar-refractivity contribution in [3.8, 4) is 16.9 Å². The van der Waals surface area contributed by atoms with E-state index in [1.165, 1.54) is 6.07 Å². The Kier molecular flexibility index (Phi) is 3.69. The summed E-state index contributed by atoms with van der Waals surface area (Å²) in [4.78, 5) is 0. The van der Waals surface area contributed by atoms with Gasteiger partial charge in [-0.2, -0.15) is 5.10 Å². The van der Waals surface area contributed by atoms with Crippen LogP contribution in [0.2, 0.25) is 5.02 Å². The third kappa shape index (κ3) is 2.66. The van der Waals surface area contributed by atoms with Gasteiger partial charge < -0.3 is 5.73 Å². The van der Waals surface area contributed by atoms with Gasteiger partial charge in [-0.1, -0.05) is 39.7 Å². The molecule has 0 atom stereocenters. The van der Waals surface area contributed by atoms with Crippen LogP contribution in [0, 0.1) is 5.82 Å². The number of aromatic nitrogens is 2. The number of nitrogens with zero attached hydrogens (tertiary/aromatic N) is 2. The molecule has 6 heteroatoms. The van der Waals surface area contributed by atoms with Gasteiger partial charge in [0.25, 0.3) is 0 Å². The lowest BCUT2D eigenvalue weighted by Gasteiger charge is -2.04. The first-order chi connectivity index (χ1) is 10.1. The van der Waals surface area contributed by atoms with Gasteiger partial charge in [-0.25, -0.2) is 9.07 Å². The van der Waals surface area contributed by atoms with Crippen molar-refractivity contribution >= 4 is 33.2 Å². The molecule has 106 valence electrons. The smallest absolute Gasteiger partial charge is 0.132 e. The van der Waals surface area contributed by atoms with E-state index in [2.05, 4.69) is 21.0 Å². The number of halogens is 3. The van der Waals surface area contributed by atoms with Crippen LogP contribution in [0.15, 0.2) is 53.1 Å². The van der Waals surface area contributed by atoms with Crippen LogP contribution in [-0.2, 0) is 0 Å². The van der Waals surface area contributed by atoms with E-state index < -0.39 is 0 Å². The van der Waals surface area contributed by atoms with Crippen LogP contribution < -0.4 is 5.73 Å². The number of rotatable bonds is 2. The maximum absolute atomic E-state index is 14.0. The predicted octanol–water partition coefficient (Wildman–Crippen LogP) is 4.68. The molecule has 3 aromatic rings. The minimum atomic E-state index is -0.380. The highest BCUT2D eigenvalue weighted by Gasteiger charge is 2.15. The van der Waals surface area contributed by atoms with Gasteiger partial charge in [0.15, 0.2) is 0 Å². The van der Waals surface area contributed by atoms with Crippen LogP contribution >= 0.6 is 27.5 Å². The summed E-state index contributed by atoms with van der Waals surface area (Å²) in [5, 5.41) is 4.90. The average Bonchev–Trinajstić information content (AvgIpc) is 2.84. The fourth-order valence-electron chi connectivity index (χ4n) is 2.04. The molecule has 0 amide bonds. The second-order valence-electron chi connectivity index (χ2n) is 4.45. The minimum absolute atomic E-state index is 0.340. The molecule has 0 aliphatic rings. The summed E-state index contributed by atoms with van der Waals surface area (Å²) in [6.45, 7) is 0. The Hall–Kier alpha value is -1.85. The normalized spacial score (nSPS) is 10.8. The summed E-state index contributed by atoms with van der Waals surface area (Å²) in [6, 6.07) is 11.9. The van der Waals surface area contributed by atoms with Crippen molar-refractivity contribution < 1.29 is 4.39 Å². The lowest BCUT2D eigenvalue weighted by molar-refractivity contribution is 0.630. The van der Waals surface area contributed by atoms with Crippen molar-refractivity contribution in [2.45, 2.75) is 0 Å². The molecule has 0 unspecified atom stereocenters. The van der Waals surface area contributed by atoms with Crippen molar-refractivity contribution in [3.05, 3.63) is 64.0 Å². The van der Waals surface area contributed by atoms with E-state index in [0.717, 1.165) is 4.47 Å². The molecule has 3 nitrogen and oxygen atoms in total. The van der Waals surface area contributed by atoms with Crippen LogP contribution in [0.25, 0.3) is 16.9 Å². The van der Waals surface area contributed by atoms with E-state index in [1.54, 1.807) is 29.1 Å². The molecule has 1 aromatic heterocycles. The largest absolute Gasteiger partial charge is 0.396 e. The highest BCUT2D eigenvalue weighted by Crippen LogP contribution is 2.31. The maximum atomic E-state index is 14.0. The Morgan fingerprint density at radius 3 is 2.71 bits per heavy atom. The zero-order valence-corrected chi connectivity index (χ0v) is 13.1. The topological polar surface area (TPSA) is 43.8 Å².